The van der Waals surface area contributed by atoms with E-state index in [2.05, 4.69) is 4.72 Å². The lowest BCUT2D eigenvalue weighted by molar-refractivity contribution is -0.138. The van der Waals surface area contributed by atoms with Crippen molar-refractivity contribution in [3.05, 3.63) is 18.0 Å². The molecule has 0 aliphatic rings. The van der Waals surface area contributed by atoms with Crippen LogP contribution < -0.4 is 10.5 Å². The molecule has 0 aliphatic heterocycles. The molecule has 1 aromatic heterocycles. The zero-order valence-corrected chi connectivity index (χ0v) is 12.7. The average Bonchev–Trinajstić information content (AvgIpc) is 2.77. The molecule has 0 bridgehead atoms. The van der Waals surface area contributed by atoms with Crippen LogP contribution in [-0.4, -0.2) is 36.5 Å². The Kier molecular flexibility index (Phi) is 5.50. The van der Waals surface area contributed by atoms with Crippen molar-refractivity contribution in [1.82, 2.24) is 9.29 Å². The molecule has 0 aliphatic carbocycles. The van der Waals surface area contributed by atoms with E-state index in [1.54, 1.807) is 6.92 Å². The van der Waals surface area contributed by atoms with Gasteiger partial charge in [-0.1, -0.05) is 13.3 Å². The lowest BCUT2D eigenvalue weighted by Crippen LogP contribution is -2.30. The number of carboxylic acids is 1. The normalized spacial score (nSPS) is 13.0. The number of aromatic nitrogens is 1. The van der Waals surface area contributed by atoms with Gasteiger partial charge in [0, 0.05) is 26.2 Å². The number of carbonyl (C=O) groups is 2. The zero-order valence-electron chi connectivity index (χ0n) is 11.9. The molecule has 9 heteroatoms. The first kappa shape index (κ1) is 17.2. The Labute approximate surface area is 123 Å². The third-order valence-electron chi connectivity index (χ3n) is 3.15. The number of primary amides is 1. The summed E-state index contributed by atoms with van der Waals surface area (Å²) in [6, 6.07) is 1.18. The number of hydrogen-bond donors (Lipinski definition) is 3. The van der Waals surface area contributed by atoms with Gasteiger partial charge in [0.05, 0.1) is 0 Å². The van der Waals surface area contributed by atoms with Crippen molar-refractivity contribution in [2.24, 2.45) is 18.7 Å². The molecule has 0 spiro atoms. The van der Waals surface area contributed by atoms with Crippen LogP contribution in [0.25, 0.3) is 0 Å². The van der Waals surface area contributed by atoms with Crippen LogP contribution in [0.1, 0.15) is 30.3 Å². The lowest BCUT2D eigenvalue weighted by Gasteiger charge is -2.13. The highest BCUT2D eigenvalue weighted by molar-refractivity contribution is 7.89. The highest BCUT2D eigenvalue weighted by Gasteiger charge is 2.21. The van der Waals surface area contributed by atoms with Crippen LogP contribution in [-0.2, 0) is 21.9 Å². The molecule has 0 saturated heterocycles. The number of amides is 1. The molecule has 0 aromatic carbocycles. The number of nitrogens with two attached hydrogens (primary N) is 1. The zero-order chi connectivity index (χ0) is 16.2. The number of hydrogen-bond acceptors (Lipinski definition) is 4. The van der Waals surface area contributed by atoms with E-state index in [0.717, 1.165) is 0 Å². The van der Waals surface area contributed by atoms with E-state index in [0.29, 0.717) is 6.42 Å². The van der Waals surface area contributed by atoms with E-state index in [-0.39, 0.29) is 29.5 Å². The van der Waals surface area contributed by atoms with Crippen LogP contribution in [0.4, 0.5) is 0 Å². The van der Waals surface area contributed by atoms with Crippen LogP contribution in [0.3, 0.4) is 0 Å². The average molecular weight is 317 g/mol. The molecular weight excluding hydrogens is 298 g/mol. The summed E-state index contributed by atoms with van der Waals surface area (Å²) in [5.41, 5.74) is 5.21. The molecule has 1 heterocycles. The maximum atomic E-state index is 12.1. The van der Waals surface area contributed by atoms with Crippen molar-refractivity contribution < 1.29 is 23.1 Å². The summed E-state index contributed by atoms with van der Waals surface area (Å²) < 4.78 is 27.9. The number of rotatable bonds is 8. The maximum absolute atomic E-state index is 12.1. The third kappa shape index (κ3) is 4.57. The summed E-state index contributed by atoms with van der Waals surface area (Å²) in [6.07, 6.45) is 1.71. The van der Waals surface area contributed by atoms with Gasteiger partial charge in [-0.05, 0) is 12.0 Å². The Hall–Kier alpha value is -1.87. The van der Waals surface area contributed by atoms with Crippen LogP contribution in [0, 0.1) is 5.92 Å². The lowest BCUT2D eigenvalue weighted by atomic mass is 10.0. The van der Waals surface area contributed by atoms with E-state index in [4.69, 9.17) is 10.8 Å². The minimum absolute atomic E-state index is 0.0198. The van der Waals surface area contributed by atoms with Crippen LogP contribution in [0.2, 0.25) is 0 Å². The fourth-order valence-corrected chi connectivity index (χ4v) is 3.03. The topological polar surface area (TPSA) is 131 Å². The number of aryl methyl sites for hydroxylation is 1. The number of aliphatic carboxylic acids is 1. The summed E-state index contributed by atoms with van der Waals surface area (Å²) >= 11 is 0. The number of nitrogens with zero attached hydrogens (tertiary/aromatic N) is 1. The van der Waals surface area contributed by atoms with Gasteiger partial charge in [0.25, 0.3) is 5.91 Å². The first-order chi connectivity index (χ1) is 9.67. The van der Waals surface area contributed by atoms with Crippen molar-refractivity contribution in [2.75, 3.05) is 6.54 Å². The predicted octanol–water partition coefficient (Wildman–Crippen LogP) is -0.0968. The molecule has 1 aromatic rings. The van der Waals surface area contributed by atoms with E-state index < -0.39 is 21.9 Å². The van der Waals surface area contributed by atoms with Crippen molar-refractivity contribution >= 4 is 21.9 Å². The minimum Gasteiger partial charge on any atom is -0.481 e. The molecule has 21 heavy (non-hydrogen) atoms. The van der Waals surface area contributed by atoms with Gasteiger partial charge < -0.3 is 15.4 Å². The van der Waals surface area contributed by atoms with Gasteiger partial charge in [-0.3, -0.25) is 9.59 Å². The van der Waals surface area contributed by atoms with Gasteiger partial charge in [-0.15, -0.1) is 0 Å². The second kappa shape index (κ2) is 6.72. The predicted molar refractivity (Wildman–Crippen MR) is 75.2 cm³/mol. The molecule has 8 nitrogen and oxygen atoms in total. The monoisotopic (exact) mass is 317 g/mol. The number of nitrogens with one attached hydrogen (secondary N) is 1. The second-order valence-corrected chi connectivity index (χ2v) is 6.53. The minimum atomic E-state index is -3.81. The Morgan fingerprint density at radius 3 is 2.52 bits per heavy atom. The van der Waals surface area contributed by atoms with Crippen molar-refractivity contribution in [3.63, 3.8) is 0 Å². The van der Waals surface area contributed by atoms with Gasteiger partial charge >= 0.3 is 5.97 Å². The molecule has 0 fully saturated rings. The Balaban J connectivity index is 2.84. The molecule has 0 saturated carbocycles. The Morgan fingerprint density at radius 2 is 2.10 bits per heavy atom. The second-order valence-electron chi connectivity index (χ2n) is 4.76. The highest BCUT2D eigenvalue weighted by Crippen LogP contribution is 2.14. The summed E-state index contributed by atoms with van der Waals surface area (Å²) in [5, 5.41) is 8.73. The molecule has 1 amide bonds. The van der Waals surface area contributed by atoms with E-state index in [9.17, 15) is 18.0 Å². The smallest absolute Gasteiger partial charge is 0.303 e. The third-order valence-corrected chi connectivity index (χ3v) is 4.54. The van der Waals surface area contributed by atoms with Crippen molar-refractivity contribution in [2.45, 2.75) is 24.7 Å². The van der Waals surface area contributed by atoms with Gasteiger partial charge in [0.1, 0.15) is 10.6 Å². The van der Waals surface area contributed by atoms with E-state index >= 15 is 0 Å². The van der Waals surface area contributed by atoms with Gasteiger partial charge in [0.15, 0.2) is 0 Å². The van der Waals surface area contributed by atoms with Crippen molar-refractivity contribution in [3.8, 4) is 0 Å². The Bertz CT molecular complexity index is 635. The van der Waals surface area contributed by atoms with E-state index in [1.807, 2.05) is 0 Å². The Morgan fingerprint density at radius 1 is 1.48 bits per heavy atom. The molecule has 4 N–H and O–H groups in total. The first-order valence-electron chi connectivity index (χ1n) is 6.35. The number of carboxylic acid groups (broad SMARTS) is 1. The molecular formula is C12H19N3O5S. The fraction of sp³-hybridized carbons (Fsp3) is 0.500. The largest absolute Gasteiger partial charge is 0.481 e. The number of carbonyl (C=O) groups excluding carboxylic acids is 1. The molecule has 1 atom stereocenters. The standard InChI is InChI=1S/C12H19N3O5S/c1-3-8(4-11(16)17)6-14-21(19,20)9-5-10(12(13)18)15(2)7-9/h5,7-8,14H,3-4,6H2,1-2H3,(H2,13,18)(H,16,17). The quantitative estimate of drug-likeness (QED) is 0.616. The SMILES string of the molecule is CCC(CNS(=O)(=O)c1cc(C(N)=O)n(C)c1)CC(=O)O. The van der Waals surface area contributed by atoms with Crippen molar-refractivity contribution in [1.29, 1.82) is 0 Å². The van der Waals surface area contributed by atoms with Gasteiger partial charge in [-0.25, -0.2) is 13.1 Å². The molecule has 1 rings (SSSR count). The molecule has 118 valence electrons. The molecule has 0 radical (unpaired) electrons. The van der Waals surface area contributed by atoms with Gasteiger partial charge in [-0.2, -0.15) is 0 Å². The fourth-order valence-electron chi connectivity index (χ4n) is 1.84. The maximum Gasteiger partial charge on any atom is 0.303 e. The summed E-state index contributed by atoms with van der Waals surface area (Å²) in [5.74, 6) is -2.00. The van der Waals surface area contributed by atoms with Gasteiger partial charge in [0.2, 0.25) is 10.0 Å². The summed E-state index contributed by atoms with van der Waals surface area (Å²) in [4.78, 5) is 21.7. The molecule has 1 unspecified atom stereocenters. The summed E-state index contributed by atoms with van der Waals surface area (Å²) in [6.45, 7) is 1.81. The van der Waals surface area contributed by atoms with Crippen LogP contribution >= 0.6 is 0 Å². The number of sulfonamides is 1. The highest BCUT2D eigenvalue weighted by atomic mass is 32.2. The van der Waals surface area contributed by atoms with E-state index in [1.165, 1.54) is 23.9 Å². The summed E-state index contributed by atoms with van der Waals surface area (Å²) in [7, 11) is -2.30. The van der Waals surface area contributed by atoms with Crippen LogP contribution in [0.5, 0.6) is 0 Å². The van der Waals surface area contributed by atoms with Crippen LogP contribution in [0.15, 0.2) is 17.2 Å². The first-order valence-corrected chi connectivity index (χ1v) is 7.83.